The minimum Gasteiger partial charge on any atom is -0.478 e. The Morgan fingerprint density at radius 1 is 0.291 bits per heavy atom. The van der Waals surface area contributed by atoms with Crippen molar-refractivity contribution in [1.82, 2.24) is 19.9 Å². The number of nitrogens with one attached hydrogen (secondary N) is 4. The number of hydrogen-bond donors (Lipinski definition) is 8. The minimum absolute atomic E-state index is 0.0238. The number of aromatic nitrogens is 4. The molecule has 0 unspecified atom stereocenters. The molecule has 0 fully saturated rings. The normalized spacial score (nSPS) is 10.9. The van der Waals surface area contributed by atoms with Crippen LogP contribution in [0.15, 0.2) is 274 Å². The maximum atomic E-state index is 13.8. The zero-order valence-corrected chi connectivity index (χ0v) is 59.2. The number of carboxylic acids is 4. The van der Waals surface area contributed by atoms with Crippen LogP contribution in [-0.2, 0) is 19.3 Å². The summed E-state index contributed by atoms with van der Waals surface area (Å²) in [6.45, 7) is 6.26. The molecule has 8 N–H and O–H groups in total. The molecule has 548 valence electrons. The molecule has 0 amide bonds. The topological polar surface area (TPSA) is 249 Å². The zero-order valence-electron chi connectivity index (χ0n) is 59.2. The van der Waals surface area contributed by atoms with Crippen molar-refractivity contribution in [2.24, 2.45) is 0 Å². The van der Waals surface area contributed by atoms with Crippen LogP contribution in [0.4, 0.5) is 17.6 Å². The van der Waals surface area contributed by atoms with Gasteiger partial charge in [0.05, 0.1) is 0 Å². The molecule has 0 bridgehead atoms. The van der Waals surface area contributed by atoms with Crippen LogP contribution in [0, 0.1) is 23.3 Å². The lowest BCUT2D eigenvalue weighted by Crippen LogP contribution is -2.01. The first-order chi connectivity index (χ1) is 53.3. The molecule has 0 saturated carbocycles. The summed E-state index contributed by atoms with van der Waals surface area (Å²) in [6, 6.07) is 67.3. The van der Waals surface area contributed by atoms with Gasteiger partial charge >= 0.3 is 23.9 Å². The summed E-state index contributed by atoms with van der Waals surface area (Å²) in [5.74, 6) is -3.28. The number of fused-ring (bicyclic) bond motifs is 4. The average Bonchev–Trinajstić information content (AvgIpc) is 1.19. The fourth-order valence-corrected chi connectivity index (χ4v) is 12.8. The molecule has 0 spiro atoms. The summed E-state index contributed by atoms with van der Waals surface area (Å²) < 4.78 is 78.7. The van der Waals surface area contributed by atoms with Crippen molar-refractivity contribution in [3.05, 3.63) is 336 Å². The summed E-state index contributed by atoms with van der Waals surface area (Å²) >= 11 is 0. The van der Waals surface area contributed by atoms with Gasteiger partial charge in [0.15, 0.2) is 0 Å². The van der Waals surface area contributed by atoms with Gasteiger partial charge in [-0.3, -0.25) is 0 Å². The van der Waals surface area contributed by atoms with Crippen molar-refractivity contribution in [2.45, 2.75) is 40.0 Å². The van der Waals surface area contributed by atoms with E-state index in [0.29, 0.717) is 67.5 Å². The van der Waals surface area contributed by atoms with Crippen molar-refractivity contribution >= 4 is 67.0 Å². The number of rotatable bonds is 19. The van der Waals surface area contributed by atoms with Crippen molar-refractivity contribution in [2.75, 3.05) is 0 Å². The Hall–Kier alpha value is -14.4. The highest BCUT2D eigenvalue weighted by Gasteiger charge is 2.22. The van der Waals surface area contributed by atoms with Crippen LogP contribution in [0.3, 0.4) is 0 Å². The Morgan fingerprint density at radius 2 is 0.627 bits per heavy atom. The van der Waals surface area contributed by atoms with Crippen molar-refractivity contribution in [3.8, 4) is 90.5 Å². The fourth-order valence-electron chi connectivity index (χ4n) is 12.8. The Kier molecular flexibility index (Phi) is 22.1. The monoisotopic (exact) mass is 1470 g/mol. The van der Waals surface area contributed by atoms with Crippen LogP contribution in [0.25, 0.3) is 87.6 Å². The van der Waals surface area contributed by atoms with Gasteiger partial charge in [-0.05, 0) is 198 Å². The van der Waals surface area contributed by atoms with Crippen LogP contribution in [0.1, 0.15) is 78.9 Å². The molecule has 16 aromatic rings. The third kappa shape index (κ3) is 16.6. The molecule has 16 rings (SSSR count). The molecule has 12 aromatic carbocycles. The van der Waals surface area contributed by atoms with Crippen molar-refractivity contribution in [1.29, 1.82) is 0 Å². The highest BCUT2D eigenvalue weighted by atomic mass is 19.1. The maximum absolute atomic E-state index is 13.8. The van der Waals surface area contributed by atoms with E-state index in [1.807, 2.05) is 109 Å². The molecular weight excluding hydrogens is 1400 g/mol. The van der Waals surface area contributed by atoms with Gasteiger partial charge in [-0.15, -0.1) is 0 Å². The smallest absolute Gasteiger partial charge is 0.339 e. The van der Waals surface area contributed by atoms with Crippen molar-refractivity contribution < 1.29 is 76.1 Å². The molecule has 16 nitrogen and oxygen atoms in total. The van der Waals surface area contributed by atoms with Crippen LogP contribution < -0.4 is 18.9 Å². The highest BCUT2D eigenvalue weighted by Crippen LogP contribution is 2.39. The molecule has 20 heteroatoms. The number of aryl methyl sites for hydroxylation is 3. The Balaban J connectivity index is 0.000000129. The van der Waals surface area contributed by atoms with E-state index in [0.717, 1.165) is 67.9 Å². The summed E-state index contributed by atoms with van der Waals surface area (Å²) in [4.78, 5) is 57.6. The second-order valence-corrected chi connectivity index (χ2v) is 25.4. The van der Waals surface area contributed by atoms with Gasteiger partial charge in [0.2, 0.25) is 0 Å². The number of ether oxygens (including phenoxy) is 4. The molecule has 0 aliphatic heterocycles. The predicted octanol–water partition coefficient (Wildman–Crippen LogP) is 23.5. The molecule has 0 saturated heterocycles. The van der Waals surface area contributed by atoms with E-state index in [2.05, 4.69) is 71.0 Å². The number of aromatic carboxylic acids is 4. The summed E-state index contributed by atoms with van der Waals surface area (Å²) in [5, 5.41) is 46.9. The molecular formula is C90H68F4N4O12. The molecule has 4 heterocycles. The van der Waals surface area contributed by atoms with E-state index in [1.165, 1.54) is 85.0 Å². The van der Waals surface area contributed by atoms with Crippen molar-refractivity contribution in [3.63, 3.8) is 0 Å². The van der Waals surface area contributed by atoms with E-state index >= 15 is 0 Å². The van der Waals surface area contributed by atoms with E-state index in [4.69, 9.17) is 18.9 Å². The van der Waals surface area contributed by atoms with Gasteiger partial charge in [0.1, 0.15) is 91.5 Å². The molecule has 110 heavy (non-hydrogen) atoms. The SMILES string of the molecule is CCc1cc(Oc2ccc(-c3c[nH]cc3F)cc2C(=O)O)cc2ccccc12.CCc1ccc2ccc(Oc3ccc(-c4c[nH]cc4F)cc3C(=O)O)cc2c1.CCc1cccc2cc(Oc3ccc(-c4c[nH]cc4F)cc3C(=O)O)ccc12.O=C(O)c1cc(-c2c[nH]cc2F)ccc1Oc1ccc2ccccc2c1. The number of benzene rings is 12. The Labute approximate surface area is 626 Å². The number of aromatic amines is 4. The second kappa shape index (κ2) is 32.9. The van der Waals surface area contributed by atoms with Gasteiger partial charge in [0, 0.05) is 71.8 Å². The van der Waals surface area contributed by atoms with Gasteiger partial charge in [-0.25, -0.2) is 36.7 Å². The van der Waals surface area contributed by atoms with E-state index < -0.39 is 47.1 Å². The van der Waals surface area contributed by atoms with E-state index in [1.54, 1.807) is 60.7 Å². The number of H-pyrrole nitrogens is 4. The first-order valence-corrected chi connectivity index (χ1v) is 34.9. The third-order valence-electron chi connectivity index (χ3n) is 18.4. The summed E-state index contributed by atoms with van der Waals surface area (Å²) in [7, 11) is 0. The first-order valence-electron chi connectivity index (χ1n) is 34.9. The number of carbonyl (C=O) groups is 4. The molecule has 0 aliphatic rings. The molecule has 4 aromatic heterocycles. The Morgan fingerprint density at radius 3 is 1.03 bits per heavy atom. The van der Waals surface area contributed by atoms with Gasteiger partial charge in [-0.1, -0.05) is 148 Å². The van der Waals surface area contributed by atoms with E-state index in [-0.39, 0.29) is 45.3 Å². The average molecular weight is 1470 g/mol. The number of halogens is 4. The quantitative estimate of drug-likeness (QED) is 0.0352. The summed E-state index contributed by atoms with van der Waals surface area (Å²) in [6.07, 6.45) is 13.5. The van der Waals surface area contributed by atoms with Crippen LogP contribution in [-0.4, -0.2) is 64.2 Å². The first kappa shape index (κ1) is 73.9. The molecule has 0 radical (unpaired) electrons. The lowest BCUT2D eigenvalue weighted by molar-refractivity contribution is 0.0683. The van der Waals surface area contributed by atoms with Crippen LogP contribution >= 0.6 is 0 Å². The predicted molar refractivity (Wildman–Crippen MR) is 417 cm³/mol. The van der Waals surface area contributed by atoms with Crippen LogP contribution in [0.2, 0.25) is 0 Å². The van der Waals surface area contributed by atoms with Gasteiger partial charge in [0.25, 0.3) is 0 Å². The standard InChI is InChI=1S/3C23H18FNO3.C21H14FNO3/c1-2-14-3-4-15-5-7-18(10-17(15)9-14)28-22-8-6-16(11-19(22)23(26)27)20-12-25-13-21(20)24;1-2-14-4-3-5-15-10-17(7-8-18(14)15)28-22-9-6-16(11-19(22)23(26)27)20-12-25-13-21(20)24;1-2-14-9-17(10-15-5-3-4-6-18(14)15)28-22-8-7-16(11-19(22)23(26)27)20-12-25-13-21(20)24;22-19-12-23-11-18(19)15-6-8-20(17(10-15)21(24)25)26-16-7-5-13-3-1-2-4-14(13)9-16/h3*3-13,25H,2H2,1H3,(H,26,27);1-12,23H,(H,24,25). The third-order valence-corrected chi connectivity index (χ3v) is 18.4. The minimum atomic E-state index is -1.14. The van der Waals surface area contributed by atoms with Gasteiger partial charge in [-0.2, -0.15) is 0 Å². The molecule has 0 aliphatic carbocycles. The number of carboxylic acid groups (broad SMARTS) is 4. The van der Waals surface area contributed by atoms with E-state index in [9.17, 15) is 57.2 Å². The lowest BCUT2D eigenvalue weighted by Gasteiger charge is -2.13. The second-order valence-electron chi connectivity index (χ2n) is 25.4. The lowest BCUT2D eigenvalue weighted by atomic mass is 10.0. The molecule has 0 atom stereocenters. The van der Waals surface area contributed by atoms with Gasteiger partial charge < -0.3 is 59.3 Å². The zero-order chi connectivity index (χ0) is 77.1. The fraction of sp³-hybridized carbons (Fsp3) is 0.0667. The Bertz CT molecular complexity index is 6010. The largest absolute Gasteiger partial charge is 0.478 e. The van der Waals surface area contributed by atoms with Crippen LogP contribution in [0.5, 0.6) is 46.0 Å². The number of hydrogen-bond acceptors (Lipinski definition) is 8. The maximum Gasteiger partial charge on any atom is 0.339 e. The highest BCUT2D eigenvalue weighted by molar-refractivity contribution is 5.97. The summed E-state index contributed by atoms with van der Waals surface area (Å²) in [5.41, 5.74) is 6.59.